The van der Waals surface area contributed by atoms with Crippen molar-refractivity contribution in [3.8, 4) is 11.4 Å². The number of rotatable bonds is 6. The fraction of sp³-hybridized carbons (Fsp3) is 0.300. The monoisotopic (exact) mass is 403 g/mol. The summed E-state index contributed by atoms with van der Waals surface area (Å²) in [6.07, 6.45) is -3.76. The van der Waals surface area contributed by atoms with Crippen molar-refractivity contribution in [3.63, 3.8) is 0 Å². The van der Waals surface area contributed by atoms with E-state index in [0.717, 1.165) is 28.1 Å². The molecule has 0 bridgehead atoms. The van der Waals surface area contributed by atoms with E-state index >= 15 is 0 Å². The van der Waals surface area contributed by atoms with Crippen LogP contribution in [0.1, 0.15) is 36.1 Å². The molecule has 29 heavy (non-hydrogen) atoms. The third kappa shape index (κ3) is 5.18. The lowest BCUT2D eigenvalue weighted by atomic mass is 10.0. The molecule has 0 fully saturated rings. The highest BCUT2D eigenvalue weighted by Gasteiger charge is 2.30. The normalized spacial score (nSPS) is 12.6. The van der Waals surface area contributed by atoms with Crippen molar-refractivity contribution >= 4 is 5.91 Å². The summed E-state index contributed by atoms with van der Waals surface area (Å²) >= 11 is 0. The summed E-state index contributed by atoms with van der Waals surface area (Å²) in [6.45, 7) is 3.76. The van der Waals surface area contributed by atoms with Gasteiger partial charge in [-0.1, -0.05) is 48.9 Å². The molecule has 1 heterocycles. The second-order valence-corrected chi connectivity index (χ2v) is 6.66. The van der Waals surface area contributed by atoms with Crippen LogP contribution in [-0.4, -0.2) is 26.1 Å². The van der Waals surface area contributed by atoms with Gasteiger partial charge in [-0.05, 0) is 36.3 Å². The van der Waals surface area contributed by atoms with E-state index in [1.807, 2.05) is 38.1 Å². The lowest BCUT2D eigenvalue weighted by Crippen LogP contribution is -2.32. The van der Waals surface area contributed by atoms with Gasteiger partial charge in [-0.2, -0.15) is 18.0 Å². The molecule has 1 aromatic heterocycles. The van der Waals surface area contributed by atoms with E-state index in [0.29, 0.717) is 6.42 Å². The van der Waals surface area contributed by atoms with E-state index in [9.17, 15) is 18.0 Å². The highest BCUT2D eigenvalue weighted by molar-refractivity contribution is 5.76. The Morgan fingerprint density at radius 3 is 2.55 bits per heavy atom. The summed E-state index contributed by atoms with van der Waals surface area (Å²) in [6, 6.07) is 12.4. The van der Waals surface area contributed by atoms with Crippen molar-refractivity contribution in [2.75, 3.05) is 0 Å². The molecule has 0 saturated heterocycles. The summed E-state index contributed by atoms with van der Waals surface area (Å²) in [5.74, 6) is -0.292. The number of aromatic nitrogens is 4. The number of carbonyl (C=O) groups excluding carboxylic acids is 1. The van der Waals surface area contributed by atoms with Gasteiger partial charge in [-0.25, -0.2) is 0 Å². The standard InChI is InChI=1S/C20H20F3N5O/c1-3-17(14-9-7-13(2)8-10-14)24-18(29)12-28-26-19(25-27-28)15-5-4-6-16(11-15)20(21,22)23/h4-11,17H,3,12H2,1-2H3,(H,24,29)/t17-/m0/s1. The quantitative estimate of drug-likeness (QED) is 0.677. The first kappa shape index (κ1) is 20.5. The summed E-state index contributed by atoms with van der Waals surface area (Å²) in [7, 11) is 0. The molecule has 1 atom stereocenters. The van der Waals surface area contributed by atoms with E-state index < -0.39 is 11.7 Å². The van der Waals surface area contributed by atoms with E-state index in [1.54, 1.807) is 0 Å². The Kier molecular flexibility index (Phi) is 5.95. The van der Waals surface area contributed by atoms with Gasteiger partial charge < -0.3 is 5.32 Å². The lowest BCUT2D eigenvalue weighted by Gasteiger charge is -2.17. The first-order valence-corrected chi connectivity index (χ1v) is 9.07. The molecule has 6 nitrogen and oxygen atoms in total. The van der Waals surface area contributed by atoms with Gasteiger partial charge in [0.2, 0.25) is 11.7 Å². The average Bonchev–Trinajstić information content (AvgIpc) is 3.15. The number of alkyl halides is 3. The number of amides is 1. The van der Waals surface area contributed by atoms with E-state index in [1.165, 1.54) is 12.1 Å². The maximum absolute atomic E-state index is 12.9. The second-order valence-electron chi connectivity index (χ2n) is 6.66. The van der Waals surface area contributed by atoms with Crippen LogP contribution in [0.4, 0.5) is 13.2 Å². The number of nitrogens with zero attached hydrogens (tertiary/aromatic N) is 4. The first-order valence-electron chi connectivity index (χ1n) is 9.07. The van der Waals surface area contributed by atoms with Crippen molar-refractivity contribution < 1.29 is 18.0 Å². The fourth-order valence-electron chi connectivity index (χ4n) is 2.85. The van der Waals surface area contributed by atoms with E-state index in [4.69, 9.17) is 0 Å². The highest BCUT2D eigenvalue weighted by atomic mass is 19.4. The van der Waals surface area contributed by atoms with E-state index in [-0.39, 0.29) is 29.9 Å². The number of halogens is 3. The molecule has 0 saturated carbocycles. The van der Waals surface area contributed by atoms with Crippen molar-refractivity contribution in [2.24, 2.45) is 0 Å². The summed E-state index contributed by atoms with van der Waals surface area (Å²) in [5.41, 5.74) is 1.50. The molecule has 0 aliphatic heterocycles. The van der Waals surface area contributed by atoms with Gasteiger partial charge >= 0.3 is 6.18 Å². The minimum absolute atomic E-state index is 0.0227. The molecule has 152 valence electrons. The molecule has 1 N–H and O–H groups in total. The smallest absolute Gasteiger partial charge is 0.348 e. The SMILES string of the molecule is CC[C@H](NC(=O)Cn1nnc(-c2cccc(C(F)(F)F)c2)n1)c1ccc(C)cc1. The van der Waals surface area contributed by atoms with Crippen LogP contribution < -0.4 is 5.32 Å². The van der Waals surface area contributed by atoms with Crippen LogP contribution in [0, 0.1) is 6.92 Å². The Morgan fingerprint density at radius 2 is 1.90 bits per heavy atom. The van der Waals surface area contributed by atoms with Gasteiger partial charge in [0.15, 0.2) is 0 Å². The number of tetrazole rings is 1. The topological polar surface area (TPSA) is 72.7 Å². The van der Waals surface area contributed by atoms with Crippen LogP contribution in [0.15, 0.2) is 48.5 Å². The molecule has 0 aliphatic rings. The predicted molar refractivity (Wildman–Crippen MR) is 101 cm³/mol. The third-order valence-corrected chi connectivity index (χ3v) is 4.41. The Bertz CT molecular complexity index is 982. The van der Waals surface area contributed by atoms with Crippen LogP contribution in [0.5, 0.6) is 0 Å². The van der Waals surface area contributed by atoms with Crippen molar-refractivity contribution in [2.45, 2.75) is 39.0 Å². The van der Waals surface area contributed by atoms with Gasteiger partial charge in [0.25, 0.3) is 0 Å². The van der Waals surface area contributed by atoms with Gasteiger partial charge in [0.05, 0.1) is 11.6 Å². The number of aryl methyl sites for hydroxylation is 1. The van der Waals surface area contributed by atoms with Crippen LogP contribution >= 0.6 is 0 Å². The van der Waals surface area contributed by atoms with Crippen LogP contribution in [0.3, 0.4) is 0 Å². The second kappa shape index (κ2) is 8.42. The molecule has 0 aliphatic carbocycles. The van der Waals surface area contributed by atoms with E-state index in [2.05, 4.69) is 20.7 Å². The van der Waals surface area contributed by atoms with Crippen molar-refractivity contribution in [3.05, 3.63) is 65.2 Å². The average molecular weight is 403 g/mol. The molecule has 2 aromatic carbocycles. The molecular formula is C20H20F3N5O. The fourth-order valence-corrected chi connectivity index (χ4v) is 2.85. The molecule has 0 radical (unpaired) electrons. The maximum Gasteiger partial charge on any atom is 0.416 e. The van der Waals surface area contributed by atoms with Gasteiger partial charge in [0.1, 0.15) is 6.54 Å². The van der Waals surface area contributed by atoms with Gasteiger partial charge in [0, 0.05) is 5.56 Å². The molecule has 9 heteroatoms. The largest absolute Gasteiger partial charge is 0.416 e. The molecule has 0 unspecified atom stereocenters. The summed E-state index contributed by atoms with van der Waals surface area (Å²) < 4.78 is 38.6. The minimum atomic E-state index is -4.46. The maximum atomic E-state index is 12.9. The Hall–Kier alpha value is -3.23. The molecular weight excluding hydrogens is 383 g/mol. The first-order chi connectivity index (χ1) is 13.8. The Morgan fingerprint density at radius 1 is 1.17 bits per heavy atom. The van der Waals surface area contributed by atoms with Gasteiger partial charge in [-0.3, -0.25) is 4.79 Å². The number of hydrogen-bond acceptors (Lipinski definition) is 4. The third-order valence-electron chi connectivity index (χ3n) is 4.41. The minimum Gasteiger partial charge on any atom is -0.348 e. The molecule has 1 amide bonds. The van der Waals surface area contributed by atoms with Crippen LogP contribution in [0.2, 0.25) is 0 Å². The zero-order valence-corrected chi connectivity index (χ0v) is 15.9. The van der Waals surface area contributed by atoms with Crippen LogP contribution in [-0.2, 0) is 17.5 Å². The summed E-state index contributed by atoms with van der Waals surface area (Å²) in [4.78, 5) is 13.4. The Labute approximate surface area is 165 Å². The zero-order chi connectivity index (χ0) is 21.0. The molecule has 0 spiro atoms. The number of nitrogens with one attached hydrogen (secondary N) is 1. The highest BCUT2D eigenvalue weighted by Crippen LogP contribution is 2.31. The molecule has 3 aromatic rings. The summed E-state index contributed by atoms with van der Waals surface area (Å²) in [5, 5.41) is 14.5. The number of benzene rings is 2. The number of hydrogen-bond donors (Lipinski definition) is 1. The number of carbonyl (C=O) groups is 1. The van der Waals surface area contributed by atoms with Crippen molar-refractivity contribution in [1.82, 2.24) is 25.5 Å². The zero-order valence-electron chi connectivity index (χ0n) is 15.9. The van der Waals surface area contributed by atoms with Crippen molar-refractivity contribution in [1.29, 1.82) is 0 Å². The molecule has 3 rings (SSSR count). The Balaban J connectivity index is 1.68. The predicted octanol–water partition coefficient (Wildman–Crippen LogP) is 3.93. The van der Waals surface area contributed by atoms with Gasteiger partial charge in [-0.15, -0.1) is 10.2 Å². The lowest BCUT2D eigenvalue weighted by molar-refractivity contribution is -0.137. The van der Waals surface area contributed by atoms with Crippen LogP contribution in [0.25, 0.3) is 11.4 Å².